The van der Waals surface area contributed by atoms with Crippen molar-refractivity contribution in [2.75, 3.05) is 38.7 Å². The molecule has 1 saturated heterocycles. The minimum atomic E-state index is -0.229. The van der Waals surface area contributed by atoms with E-state index in [1.165, 1.54) is 0 Å². The second-order valence-electron chi connectivity index (χ2n) is 7.70. The van der Waals surface area contributed by atoms with Gasteiger partial charge in [-0.15, -0.1) is 12.4 Å². The Bertz CT molecular complexity index is 889. The molecular formula is C24H32ClN3O4. The molecule has 0 radical (unpaired) electrons. The van der Waals surface area contributed by atoms with E-state index in [0.29, 0.717) is 24.5 Å². The number of carbonyl (C=O) groups excluding carboxylic acids is 2. The molecule has 1 fully saturated rings. The highest BCUT2D eigenvalue weighted by Gasteiger charge is 2.18. The molecule has 2 aromatic carbocycles. The number of hydrogen-bond acceptors (Lipinski definition) is 5. The van der Waals surface area contributed by atoms with Crippen LogP contribution >= 0.6 is 12.4 Å². The Morgan fingerprint density at radius 1 is 1.12 bits per heavy atom. The number of nitrogens with zero attached hydrogens (tertiary/aromatic N) is 1. The Kier molecular flexibility index (Phi) is 10.3. The number of hydrogen-bond donors (Lipinski definition) is 2. The summed E-state index contributed by atoms with van der Waals surface area (Å²) in [6.45, 7) is 5.13. The van der Waals surface area contributed by atoms with Crippen LogP contribution in [0.3, 0.4) is 0 Å². The van der Waals surface area contributed by atoms with E-state index >= 15 is 0 Å². The molecule has 1 aliphatic heterocycles. The third kappa shape index (κ3) is 7.73. The number of ether oxygens (including phenoxy) is 2. The minimum absolute atomic E-state index is 0. The monoisotopic (exact) mass is 461 g/mol. The smallest absolute Gasteiger partial charge is 0.262 e. The van der Waals surface area contributed by atoms with E-state index < -0.39 is 0 Å². The second kappa shape index (κ2) is 12.9. The van der Waals surface area contributed by atoms with Gasteiger partial charge in [0.1, 0.15) is 0 Å². The van der Waals surface area contributed by atoms with Crippen LogP contribution in [-0.2, 0) is 16.1 Å². The van der Waals surface area contributed by atoms with Crippen molar-refractivity contribution >= 4 is 29.9 Å². The summed E-state index contributed by atoms with van der Waals surface area (Å²) in [5.41, 5.74) is 2.93. The van der Waals surface area contributed by atoms with Crippen LogP contribution in [0.1, 0.15) is 30.4 Å². The van der Waals surface area contributed by atoms with Crippen molar-refractivity contribution in [3.8, 4) is 11.5 Å². The molecule has 0 saturated carbocycles. The van der Waals surface area contributed by atoms with Crippen molar-refractivity contribution in [3.05, 3.63) is 53.6 Å². The zero-order valence-corrected chi connectivity index (χ0v) is 19.5. The van der Waals surface area contributed by atoms with Crippen molar-refractivity contribution in [1.82, 2.24) is 10.2 Å². The van der Waals surface area contributed by atoms with Gasteiger partial charge in [0, 0.05) is 31.7 Å². The van der Waals surface area contributed by atoms with Crippen molar-refractivity contribution in [2.45, 2.75) is 32.7 Å². The predicted molar refractivity (Wildman–Crippen MR) is 128 cm³/mol. The number of likely N-dealkylation sites (tertiary alicyclic amines) is 1. The fourth-order valence-corrected chi connectivity index (χ4v) is 3.49. The number of amides is 2. The van der Waals surface area contributed by atoms with Crippen molar-refractivity contribution in [3.63, 3.8) is 0 Å². The fourth-order valence-electron chi connectivity index (χ4n) is 3.49. The van der Waals surface area contributed by atoms with E-state index in [0.717, 1.165) is 49.3 Å². The molecule has 1 heterocycles. The largest absolute Gasteiger partial charge is 0.493 e. The van der Waals surface area contributed by atoms with Gasteiger partial charge in [-0.05, 0) is 56.1 Å². The normalized spacial score (nSPS) is 12.9. The molecule has 3 rings (SSSR count). The second-order valence-corrected chi connectivity index (χ2v) is 7.70. The van der Waals surface area contributed by atoms with Crippen LogP contribution in [0.4, 0.5) is 5.69 Å². The highest BCUT2D eigenvalue weighted by Crippen LogP contribution is 2.28. The third-order valence-corrected chi connectivity index (χ3v) is 5.20. The van der Waals surface area contributed by atoms with Crippen LogP contribution in [-0.4, -0.2) is 50.1 Å². The third-order valence-electron chi connectivity index (χ3n) is 5.20. The maximum absolute atomic E-state index is 12.1. The Balaban J connectivity index is 0.00000363. The van der Waals surface area contributed by atoms with Crippen LogP contribution < -0.4 is 20.1 Å². The molecule has 7 nitrogen and oxygen atoms in total. The van der Waals surface area contributed by atoms with Crippen LogP contribution in [0.5, 0.6) is 11.5 Å². The zero-order chi connectivity index (χ0) is 22.1. The number of methoxy groups -OCH3 is 1. The van der Waals surface area contributed by atoms with Gasteiger partial charge >= 0.3 is 0 Å². The fraction of sp³-hybridized carbons (Fsp3) is 0.417. The lowest BCUT2D eigenvalue weighted by Crippen LogP contribution is -2.28. The van der Waals surface area contributed by atoms with Crippen LogP contribution in [0.2, 0.25) is 0 Å². The van der Waals surface area contributed by atoms with Gasteiger partial charge in [-0.1, -0.05) is 23.8 Å². The topological polar surface area (TPSA) is 79.9 Å². The Hall–Kier alpha value is -2.77. The maximum Gasteiger partial charge on any atom is 0.262 e. The summed E-state index contributed by atoms with van der Waals surface area (Å²) in [5, 5.41) is 6.21. The van der Waals surface area contributed by atoms with E-state index in [1.807, 2.05) is 54.3 Å². The first kappa shape index (κ1) is 25.5. The summed E-state index contributed by atoms with van der Waals surface area (Å²) < 4.78 is 11.1. The number of nitrogens with one attached hydrogen (secondary N) is 2. The molecule has 2 N–H and O–H groups in total. The molecule has 1 aliphatic rings. The van der Waals surface area contributed by atoms with E-state index in [1.54, 1.807) is 7.11 Å². The van der Waals surface area contributed by atoms with Gasteiger partial charge in [0.25, 0.3) is 5.91 Å². The molecule has 2 aromatic rings. The molecule has 174 valence electrons. The summed E-state index contributed by atoms with van der Waals surface area (Å²) in [6.07, 6.45) is 2.60. The van der Waals surface area contributed by atoms with E-state index in [2.05, 4.69) is 10.6 Å². The molecule has 32 heavy (non-hydrogen) atoms. The van der Waals surface area contributed by atoms with Crippen LogP contribution in [0, 0.1) is 6.92 Å². The highest BCUT2D eigenvalue weighted by atomic mass is 35.5. The minimum Gasteiger partial charge on any atom is -0.493 e. The molecule has 0 bridgehead atoms. The standard InChI is InChI=1S/C24H31N3O4.ClH/c1-18-6-9-20(10-7-18)26-23(28)17-31-21-11-8-19(15-22(21)30-2)16-25-12-4-14-27-13-3-5-24(27)29;/h6-11,15,25H,3-5,12-14,16-17H2,1-2H3,(H,26,28);1H. The predicted octanol–water partition coefficient (Wildman–Crippen LogP) is 3.55. The Morgan fingerprint density at radius 2 is 1.91 bits per heavy atom. The summed E-state index contributed by atoms with van der Waals surface area (Å²) in [6, 6.07) is 13.3. The quantitative estimate of drug-likeness (QED) is 0.500. The number of benzene rings is 2. The molecule has 0 aliphatic carbocycles. The molecule has 0 spiro atoms. The molecule has 0 aromatic heterocycles. The van der Waals surface area contributed by atoms with E-state index in [4.69, 9.17) is 9.47 Å². The molecule has 8 heteroatoms. The zero-order valence-electron chi connectivity index (χ0n) is 18.7. The van der Waals surface area contributed by atoms with Crippen molar-refractivity contribution in [2.24, 2.45) is 0 Å². The van der Waals surface area contributed by atoms with E-state index in [9.17, 15) is 9.59 Å². The van der Waals surface area contributed by atoms with Gasteiger partial charge in [0.15, 0.2) is 18.1 Å². The number of halogens is 1. The van der Waals surface area contributed by atoms with Gasteiger partial charge in [-0.2, -0.15) is 0 Å². The lowest BCUT2D eigenvalue weighted by atomic mass is 10.2. The van der Waals surface area contributed by atoms with Gasteiger partial charge < -0.3 is 25.0 Å². The first-order valence-corrected chi connectivity index (χ1v) is 10.7. The average molecular weight is 462 g/mol. The first-order chi connectivity index (χ1) is 15.0. The lowest BCUT2D eigenvalue weighted by Gasteiger charge is -2.15. The first-order valence-electron chi connectivity index (χ1n) is 10.7. The number of aryl methyl sites for hydroxylation is 1. The van der Waals surface area contributed by atoms with Gasteiger partial charge in [-0.25, -0.2) is 0 Å². The summed E-state index contributed by atoms with van der Waals surface area (Å²) >= 11 is 0. The maximum atomic E-state index is 12.1. The Morgan fingerprint density at radius 3 is 2.59 bits per heavy atom. The van der Waals surface area contributed by atoms with Crippen molar-refractivity contribution < 1.29 is 19.1 Å². The van der Waals surface area contributed by atoms with E-state index in [-0.39, 0.29) is 30.8 Å². The molecule has 0 unspecified atom stereocenters. The van der Waals surface area contributed by atoms with Gasteiger partial charge in [-0.3, -0.25) is 9.59 Å². The molecule has 2 amide bonds. The number of rotatable bonds is 11. The molecular weight excluding hydrogens is 430 g/mol. The highest BCUT2D eigenvalue weighted by molar-refractivity contribution is 5.91. The summed E-state index contributed by atoms with van der Waals surface area (Å²) in [4.78, 5) is 25.7. The number of anilines is 1. The van der Waals surface area contributed by atoms with Crippen LogP contribution in [0.25, 0.3) is 0 Å². The summed E-state index contributed by atoms with van der Waals surface area (Å²) in [7, 11) is 1.58. The Labute approximate surface area is 195 Å². The SMILES string of the molecule is COc1cc(CNCCCN2CCCC2=O)ccc1OCC(=O)Nc1ccc(C)cc1.Cl. The van der Waals surface area contributed by atoms with Crippen LogP contribution in [0.15, 0.2) is 42.5 Å². The average Bonchev–Trinajstić information content (AvgIpc) is 3.18. The molecule has 0 atom stereocenters. The lowest BCUT2D eigenvalue weighted by molar-refractivity contribution is -0.127. The van der Waals surface area contributed by atoms with Crippen molar-refractivity contribution in [1.29, 1.82) is 0 Å². The number of carbonyl (C=O) groups is 2. The van der Waals surface area contributed by atoms with Gasteiger partial charge in [0.05, 0.1) is 7.11 Å². The van der Waals surface area contributed by atoms with Gasteiger partial charge in [0.2, 0.25) is 5.91 Å². The summed E-state index contributed by atoms with van der Waals surface area (Å²) in [5.74, 6) is 1.16.